The molecule has 6 heteroatoms. The number of carbonyl (C=O) groups is 3. The Morgan fingerprint density at radius 1 is 0.581 bits per heavy atom. The van der Waals surface area contributed by atoms with Crippen molar-refractivity contribution in [1.82, 2.24) is 0 Å². The van der Waals surface area contributed by atoms with Gasteiger partial charge in [-0.25, -0.2) is 14.4 Å². The van der Waals surface area contributed by atoms with Gasteiger partial charge < -0.3 is 15.3 Å². The molecule has 0 spiro atoms. The molecule has 0 aliphatic rings. The second-order valence-corrected chi connectivity index (χ2v) is 8.25. The maximum absolute atomic E-state index is 12.0. The van der Waals surface area contributed by atoms with Crippen LogP contribution in [0.15, 0.2) is 6.07 Å². The molecule has 0 saturated heterocycles. The fourth-order valence-corrected chi connectivity index (χ4v) is 4.11. The zero-order valence-corrected chi connectivity index (χ0v) is 19.0. The SMILES string of the molecule is CCCCCCCCc1c(C(=O)O)cc(C(=O)O)c(C(=O)O)c1CCCCCCCC. The summed E-state index contributed by atoms with van der Waals surface area (Å²) >= 11 is 0. The van der Waals surface area contributed by atoms with Crippen LogP contribution >= 0.6 is 0 Å². The van der Waals surface area contributed by atoms with Crippen molar-refractivity contribution < 1.29 is 29.7 Å². The van der Waals surface area contributed by atoms with Crippen LogP contribution in [0.2, 0.25) is 0 Å². The van der Waals surface area contributed by atoms with Crippen molar-refractivity contribution in [3.05, 3.63) is 33.9 Å². The van der Waals surface area contributed by atoms with Crippen LogP contribution in [0.5, 0.6) is 0 Å². The number of carboxylic acid groups (broad SMARTS) is 3. The predicted octanol–water partition coefficient (Wildman–Crippen LogP) is 6.59. The number of carboxylic acids is 3. The van der Waals surface area contributed by atoms with Crippen molar-refractivity contribution in [2.24, 2.45) is 0 Å². The average molecular weight is 435 g/mol. The molecule has 0 amide bonds. The van der Waals surface area contributed by atoms with E-state index < -0.39 is 23.5 Å². The summed E-state index contributed by atoms with van der Waals surface area (Å²) in [5.74, 6) is -3.92. The lowest BCUT2D eigenvalue weighted by molar-refractivity contribution is 0.0647. The molecule has 1 rings (SSSR count). The summed E-state index contributed by atoms with van der Waals surface area (Å²) in [4.78, 5) is 35.6. The van der Waals surface area contributed by atoms with Crippen LogP contribution in [-0.2, 0) is 12.8 Å². The van der Waals surface area contributed by atoms with Gasteiger partial charge in [0.1, 0.15) is 0 Å². The summed E-state index contributed by atoms with van der Waals surface area (Å²) in [5, 5.41) is 29.1. The first-order valence-electron chi connectivity index (χ1n) is 11.7. The normalized spacial score (nSPS) is 10.9. The highest BCUT2D eigenvalue weighted by Crippen LogP contribution is 2.28. The van der Waals surface area contributed by atoms with Gasteiger partial charge in [0.05, 0.1) is 16.7 Å². The third kappa shape index (κ3) is 8.72. The second kappa shape index (κ2) is 14.6. The van der Waals surface area contributed by atoms with Gasteiger partial charge >= 0.3 is 17.9 Å². The van der Waals surface area contributed by atoms with Gasteiger partial charge in [-0.1, -0.05) is 78.1 Å². The first-order valence-corrected chi connectivity index (χ1v) is 11.7. The van der Waals surface area contributed by atoms with Crippen LogP contribution in [0.4, 0.5) is 0 Å². The highest BCUT2D eigenvalue weighted by atomic mass is 16.4. The van der Waals surface area contributed by atoms with Crippen LogP contribution in [0.1, 0.15) is 133 Å². The van der Waals surface area contributed by atoms with Gasteiger partial charge in [-0.2, -0.15) is 0 Å². The van der Waals surface area contributed by atoms with E-state index in [1.54, 1.807) is 0 Å². The Hall–Kier alpha value is -2.37. The minimum atomic E-state index is -1.41. The number of benzene rings is 1. The Kier molecular flexibility index (Phi) is 12.6. The van der Waals surface area contributed by atoms with E-state index in [0.29, 0.717) is 24.0 Å². The van der Waals surface area contributed by atoms with E-state index in [4.69, 9.17) is 0 Å². The van der Waals surface area contributed by atoms with E-state index in [2.05, 4.69) is 13.8 Å². The molecule has 0 bridgehead atoms. The summed E-state index contributed by atoms with van der Waals surface area (Å²) in [5.41, 5.74) is 0.148. The molecule has 0 atom stereocenters. The highest BCUT2D eigenvalue weighted by Gasteiger charge is 2.27. The lowest BCUT2D eigenvalue weighted by atomic mass is 9.86. The molecule has 174 valence electrons. The van der Waals surface area contributed by atoms with Crippen molar-refractivity contribution in [2.45, 2.75) is 104 Å². The van der Waals surface area contributed by atoms with Crippen molar-refractivity contribution >= 4 is 17.9 Å². The third-order valence-electron chi connectivity index (χ3n) is 5.78. The minimum Gasteiger partial charge on any atom is -0.478 e. The summed E-state index contributed by atoms with van der Waals surface area (Å²) in [6, 6.07) is 1.03. The lowest BCUT2D eigenvalue weighted by Gasteiger charge is -2.18. The molecule has 0 aliphatic carbocycles. The number of unbranched alkanes of at least 4 members (excludes halogenated alkanes) is 10. The van der Waals surface area contributed by atoms with Crippen LogP contribution in [0, 0.1) is 0 Å². The third-order valence-corrected chi connectivity index (χ3v) is 5.78. The number of hydrogen-bond donors (Lipinski definition) is 3. The molecule has 1 aromatic carbocycles. The van der Waals surface area contributed by atoms with Gasteiger partial charge in [-0.3, -0.25) is 0 Å². The van der Waals surface area contributed by atoms with Crippen LogP contribution in [-0.4, -0.2) is 33.2 Å². The molecule has 6 nitrogen and oxygen atoms in total. The smallest absolute Gasteiger partial charge is 0.336 e. The van der Waals surface area contributed by atoms with Crippen molar-refractivity contribution in [3.63, 3.8) is 0 Å². The standard InChI is InChI=1S/C25H38O6/c1-3-5-7-9-11-13-15-18-19(16-14-12-10-8-6-4-2)22(25(30)31)21(24(28)29)17-20(18)23(26)27/h17H,3-16H2,1-2H3,(H,26,27)(H,28,29)(H,30,31). The van der Waals surface area contributed by atoms with Crippen molar-refractivity contribution in [3.8, 4) is 0 Å². The summed E-state index contributed by atoms with van der Waals surface area (Å²) < 4.78 is 0. The summed E-state index contributed by atoms with van der Waals surface area (Å²) in [6.45, 7) is 4.28. The van der Waals surface area contributed by atoms with Gasteiger partial charge in [0.15, 0.2) is 0 Å². The predicted molar refractivity (Wildman–Crippen MR) is 121 cm³/mol. The quantitative estimate of drug-likeness (QED) is 0.239. The zero-order chi connectivity index (χ0) is 23.2. The number of rotatable bonds is 17. The molecule has 3 N–H and O–H groups in total. The van der Waals surface area contributed by atoms with Gasteiger partial charge in [0, 0.05) is 0 Å². The van der Waals surface area contributed by atoms with E-state index in [1.807, 2.05) is 0 Å². The largest absolute Gasteiger partial charge is 0.478 e. The Balaban J connectivity index is 3.21. The molecular formula is C25H38O6. The van der Waals surface area contributed by atoms with E-state index >= 15 is 0 Å². The van der Waals surface area contributed by atoms with Crippen LogP contribution < -0.4 is 0 Å². The highest BCUT2D eigenvalue weighted by molar-refractivity contribution is 6.05. The van der Waals surface area contributed by atoms with Crippen molar-refractivity contribution in [1.29, 1.82) is 0 Å². The molecule has 0 radical (unpaired) electrons. The zero-order valence-electron chi connectivity index (χ0n) is 19.0. The lowest BCUT2D eigenvalue weighted by Crippen LogP contribution is -2.18. The van der Waals surface area contributed by atoms with Gasteiger partial charge in [0.2, 0.25) is 0 Å². The second-order valence-electron chi connectivity index (χ2n) is 8.25. The Bertz CT molecular complexity index is 738. The molecule has 0 unspecified atom stereocenters. The first-order chi connectivity index (χ1) is 14.8. The van der Waals surface area contributed by atoms with Gasteiger partial charge in [-0.05, 0) is 42.9 Å². The molecule has 31 heavy (non-hydrogen) atoms. The fourth-order valence-electron chi connectivity index (χ4n) is 4.11. The monoisotopic (exact) mass is 434 g/mol. The Morgan fingerprint density at radius 2 is 1.00 bits per heavy atom. The first kappa shape index (κ1) is 26.7. The average Bonchev–Trinajstić information content (AvgIpc) is 2.72. The minimum absolute atomic E-state index is 0.0723. The van der Waals surface area contributed by atoms with E-state index in [0.717, 1.165) is 76.7 Å². The maximum Gasteiger partial charge on any atom is 0.336 e. The summed E-state index contributed by atoms with van der Waals surface area (Å²) in [6.07, 6.45) is 13.1. The van der Waals surface area contributed by atoms with E-state index in [9.17, 15) is 29.7 Å². The number of hydrogen-bond acceptors (Lipinski definition) is 3. The molecule has 0 aliphatic heterocycles. The number of aromatic carboxylic acids is 3. The van der Waals surface area contributed by atoms with Gasteiger partial charge in [-0.15, -0.1) is 0 Å². The van der Waals surface area contributed by atoms with Crippen LogP contribution in [0.25, 0.3) is 0 Å². The van der Waals surface area contributed by atoms with E-state index in [-0.39, 0.29) is 11.1 Å². The molecule has 1 aromatic rings. The Morgan fingerprint density at radius 3 is 1.42 bits per heavy atom. The molecule has 0 fully saturated rings. The topological polar surface area (TPSA) is 112 Å². The van der Waals surface area contributed by atoms with E-state index in [1.165, 1.54) is 6.42 Å². The van der Waals surface area contributed by atoms with Gasteiger partial charge in [0.25, 0.3) is 0 Å². The summed E-state index contributed by atoms with van der Waals surface area (Å²) in [7, 11) is 0. The fraction of sp³-hybridized carbons (Fsp3) is 0.640. The molecular weight excluding hydrogens is 396 g/mol. The molecule has 0 saturated carbocycles. The molecule has 0 aromatic heterocycles. The maximum atomic E-state index is 12.0. The van der Waals surface area contributed by atoms with Crippen LogP contribution in [0.3, 0.4) is 0 Å². The van der Waals surface area contributed by atoms with Crippen molar-refractivity contribution in [2.75, 3.05) is 0 Å². The Labute approximate surface area is 185 Å². The molecule has 0 heterocycles.